The second-order valence-corrected chi connectivity index (χ2v) is 4.45. The average Bonchev–Trinajstić information content (AvgIpc) is 1.98. The summed E-state index contributed by atoms with van der Waals surface area (Å²) in [5.74, 6) is 0. The van der Waals surface area contributed by atoms with Gasteiger partial charge in [0.2, 0.25) is 0 Å². The van der Waals surface area contributed by atoms with E-state index in [9.17, 15) is 0 Å². The molecule has 14 heavy (non-hydrogen) atoms. The quantitative estimate of drug-likeness (QED) is 0.764. The van der Waals surface area contributed by atoms with Crippen LogP contribution in [0.5, 0.6) is 0 Å². The Morgan fingerprint density at radius 3 is 2.21 bits per heavy atom. The molecule has 1 aromatic rings. The summed E-state index contributed by atoms with van der Waals surface area (Å²) in [6, 6.07) is 3.96. The van der Waals surface area contributed by atoms with Crippen LogP contribution in [0.15, 0.2) is 12.1 Å². The maximum Gasteiger partial charge on any atom is 0.0722 e. The van der Waals surface area contributed by atoms with Gasteiger partial charge in [-0.25, -0.2) is 0 Å². The Morgan fingerprint density at radius 2 is 1.79 bits per heavy atom. The summed E-state index contributed by atoms with van der Waals surface area (Å²) in [6.07, 6.45) is 3.66. The summed E-state index contributed by atoms with van der Waals surface area (Å²) in [4.78, 5) is 0. The molecule has 0 saturated heterocycles. The van der Waals surface area contributed by atoms with Crippen molar-refractivity contribution in [2.45, 2.75) is 25.3 Å². The minimum atomic E-state index is 0.522. The van der Waals surface area contributed by atoms with Gasteiger partial charge in [0, 0.05) is 11.7 Å². The second-order valence-electron chi connectivity index (χ2n) is 3.63. The van der Waals surface area contributed by atoms with E-state index in [4.69, 9.17) is 28.9 Å². The largest absolute Gasteiger partial charge is 0.399 e. The number of anilines is 2. The molecule has 0 amide bonds. The number of halogens is 2. The predicted molar refractivity (Wildman–Crippen MR) is 62.1 cm³/mol. The number of hydrogen-bond donors (Lipinski definition) is 2. The van der Waals surface area contributed by atoms with Crippen molar-refractivity contribution in [3.8, 4) is 0 Å². The van der Waals surface area contributed by atoms with Gasteiger partial charge >= 0.3 is 0 Å². The molecule has 1 fully saturated rings. The summed E-state index contributed by atoms with van der Waals surface area (Å²) >= 11 is 12.1. The molecular weight excluding hydrogens is 219 g/mol. The lowest BCUT2D eigenvalue weighted by Crippen LogP contribution is -2.27. The maximum atomic E-state index is 6.03. The Kier molecular flexibility index (Phi) is 2.75. The number of nitrogens with one attached hydrogen (secondary N) is 1. The molecule has 0 bridgehead atoms. The molecule has 1 saturated carbocycles. The van der Waals surface area contributed by atoms with Crippen LogP contribution in [0.25, 0.3) is 0 Å². The maximum absolute atomic E-state index is 6.03. The van der Waals surface area contributed by atoms with E-state index in [-0.39, 0.29) is 0 Å². The molecular formula is C10H12Cl2N2. The Hall–Kier alpha value is -0.600. The average molecular weight is 231 g/mol. The summed E-state index contributed by atoms with van der Waals surface area (Å²) in [5, 5.41) is 4.52. The predicted octanol–water partition coefficient (Wildman–Crippen LogP) is 3.54. The van der Waals surface area contributed by atoms with E-state index in [1.165, 1.54) is 19.3 Å². The van der Waals surface area contributed by atoms with Crippen LogP contribution in [0.2, 0.25) is 10.0 Å². The van der Waals surface area contributed by atoms with Crippen molar-refractivity contribution in [2.75, 3.05) is 11.1 Å². The number of rotatable bonds is 2. The number of hydrogen-bond acceptors (Lipinski definition) is 2. The van der Waals surface area contributed by atoms with Gasteiger partial charge in [0.05, 0.1) is 15.7 Å². The van der Waals surface area contributed by atoms with Gasteiger partial charge in [0.25, 0.3) is 0 Å². The van der Waals surface area contributed by atoms with Gasteiger partial charge < -0.3 is 11.1 Å². The Balaban J connectivity index is 2.22. The van der Waals surface area contributed by atoms with E-state index in [1.807, 2.05) is 0 Å². The minimum Gasteiger partial charge on any atom is -0.399 e. The van der Waals surface area contributed by atoms with Crippen LogP contribution in [0.4, 0.5) is 11.4 Å². The highest BCUT2D eigenvalue weighted by Crippen LogP contribution is 2.35. The van der Waals surface area contributed by atoms with Crippen LogP contribution in [0.3, 0.4) is 0 Å². The molecule has 76 valence electrons. The molecule has 0 radical (unpaired) electrons. The molecule has 0 aromatic heterocycles. The van der Waals surface area contributed by atoms with Crippen LogP contribution < -0.4 is 11.1 Å². The van der Waals surface area contributed by atoms with Gasteiger partial charge in [0.1, 0.15) is 0 Å². The van der Waals surface area contributed by atoms with Crippen LogP contribution in [0.1, 0.15) is 19.3 Å². The molecule has 0 atom stereocenters. The van der Waals surface area contributed by atoms with Crippen molar-refractivity contribution in [1.29, 1.82) is 0 Å². The van der Waals surface area contributed by atoms with Gasteiger partial charge in [-0.15, -0.1) is 0 Å². The number of benzene rings is 1. The Bertz CT molecular complexity index is 325. The number of nitrogen functional groups attached to an aromatic ring is 1. The summed E-state index contributed by atoms with van der Waals surface area (Å²) in [7, 11) is 0. The molecule has 1 aromatic carbocycles. The topological polar surface area (TPSA) is 38.0 Å². The van der Waals surface area contributed by atoms with Crippen molar-refractivity contribution in [3.63, 3.8) is 0 Å². The molecule has 1 aliphatic carbocycles. The fraction of sp³-hybridized carbons (Fsp3) is 0.400. The third kappa shape index (κ3) is 1.91. The van der Waals surface area contributed by atoms with Crippen molar-refractivity contribution >= 4 is 34.6 Å². The summed E-state index contributed by atoms with van der Waals surface area (Å²) < 4.78 is 0. The molecule has 0 unspecified atom stereocenters. The first-order valence-electron chi connectivity index (χ1n) is 4.68. The first-order chi connectivity index (χ1) is 6.66. The Labute approximate surface area is 93.4 Å². The van der Waals surface area contributed by atoms with Crippen LogP contribution in [-0.4, -0.2) is 6.04 Å². The summed E-state index contributed by atoms with van der Waals surface area (Å²) in [6.45, 7) is 0. The van der Waals surface area contributed by atoms with Gasteiger partial charge in [-0.1, -0.05) is 23.2 Å². The first kappa shape index (κ1) is 9.94. The van der Waals surface area contributed by atoms with E-state index in [0.717, 1.165) is 5.69 Å². The molecule has 3 N–H and O–H groups in total. The highest BCUT2D eigenvalue weighted by molar-refractivity contribution is 6.39. The zero-order chi connectivity index (χ0) is 10.1. The van der Waals surface area contributed by atoms with Crippen molar-refractivity contribution in [3.05, 3.63) is 22.2 Å². The van der Waals surface area contributed by atoms with E-state index in [0.29, 0.717) is 21.8 Å². The lowest BCUT2D eigenvalue weighted by atomic mass is 9.93. The smallest absolute Gasteiger partial charge is 0.0722 e. The van der Waals surface area contributed by atoms with Gasteiger partial charge in [0.15, 0.2) is 0 Å². The fourth-order valence-electron chi connectivity index (χ4n) is 1.49. The SMILES string of the molecule is Nc1cc(Cl)c(NC2CCC2)c(Cl)c1. The highest BCUT2D eigenvalue weighted by atomic mass is 35.5. The summed E-state index contributed by atoms with van der Waals surface area (Å²) in [5.41, 5.74) is 7.02. The molecule has 4 heteroatoms. The van der Waals surface area contributed by atoms with Gasteiger partial charge in [-0.05, 0) is 31.4 Å². The van der Waals surface area contributed by atoms with Crippen LogP contribution >= 0.6 is 23.2 Å². The molecule has 1 aliphatic rings. The third-order valence-corrected chi connectivity index (χ3v) is 3.11. The highest BCUT2D eigenvalue weighted by Gasteiger charge is 2.19. The van der Waals surface area contributed by atoms with Gasteiger partial charge in [-0.3, -0.25) is 0 Å². The molecule has 2 nitrogen and oxygen atoms in total. The van der Waals surface area contributed by atoms with Crippen molar-refractivity contribution in [2.24, 2.45) is 0 Å². The minimum absolute atomic E-state index is 0.522. The fourth-order valence-corrected chi connectivity index (χ4v) is 2.10. The van der Waals surface area contributed by atoms with Gasteiger partial charge in [-0.2, -0.15) is 0 Å². The van der Waals surface area contributed by atoms with Crippen molar-refractivity contribution < 1.29 is 0 Å². The molecule has 0 spiro atoms. The standard InChI is InChI=1S/C10H12Cl2N2/c11-8-4-6(13)5-9(12)10(8)14-7-2-1-3-7/h4-5,7,14H,1-3,13H2. The van der Waals surface area contributed by atoms with Crippen LogP contribution in [-0.2, 0) is 0 Å². The van der Waals surface area contributed by atoms with E-state index < -0.39 is 0 Å². The van der Waals surface area contributed by atoms with Crippen LogP contribution in [0, 0.1) is 0 Å². The number of nitrogens with two attached hydrogens (primary N) is 1. The van der Waals surface area contributed by atoms with Crippen molar-refractivity contribution in [1.82, 2.24) is 0 Å². The zero-order valence-electron chi connectivity index (χ0n) is 7.69. The first-order valence-corrected chi connectivity index (χ1v) is 5.43. The Morgan fingerprint density at radius 1 is 1.21 bits per heavy atom. The third-order valence-electron chi connectivity index (χ3n) is 2.52. The second kappa shape index (κ2) is 3.87. The van der Waals surface area contributed by atoms with E-state index in [1.54, 1.807) is 12.1 Å². The lowest BCUT2D eigenvalue weighted by Gasteiger charge is -2.28. The molecule has 2 rings (SSSR count). The lowest BCUT2D eigenvalue weighted by molar-refractivity contribution is 0.445. The molecule has 0 aliphatic heterocycles. The van der Waals surface area contributed by atoms with E-state index in [2.05, 4.69) is 5.32 Å². The monoisotopic (exact) mass is 230 g/mol. The van der Waals surface area contributed by atoms with E-state index >= 15 is 0 Å². The normalized spacial score (nSPS) is 16.4. The molecule has 0 heterocycles. The zero-order valence-corrected chi connectivity index (χ0v) is 9.20.